The molecular weight excluding hydrogens is 364 g/mol. The lowest BCUT2D eigenvalue weighted by Crippen LogP contribution is -2.38. The molecule has 0 aliphatic carbocycles. The monoisotopic (exact) mass is 388 g/mol. The van der Waals surface area contributed by atoms with E-state index in [-0.39, 0.29) is 23.6 Å². The van der Waals surface area contributed by atoms with Gasteiger partial charge in [-0.25, -0.2) is 13.1 Å². The van der Waals surface area contributed by atoms with Crippen molar-refractivity contribution in [3.05, 3.63) is 18.2 Å². The van der Waals surface area contributed by atoms with Gasteiger partial charge in [0, 0.05) is 25.6 Å². The van der Waals surface area contributed by atoms with E-state index in [1.54, 1.807) is 0 Å². The largest absolute Gasteiger partial charge is 0.493 e. The summed E-state index contributed by atoms with van der Waals surface area (Å²) in [5, 5.41) is 8.83. The van der Waals surface area contributed by atoms with E-state index < -0.39 is 28.4 Å². The zero-order chi connectivity index (χ0) is 19.7. The van der Waals surface area contributed by atoms with Crippen molar-refractivity contribution in [3.63, 3.8) is 0 Å². The summed E-state index contributed by atoms with van der Waals surface area (Å²) in [6, 6.07) is 4.14. The molecule has 9 nitrogen and oxygen atoms in total. The van der Waals surface area contributed by atoms with E-state index in [9.17, 15) is 18.0 Å². The summed E-state index contributed by atoms with van der Waals surface area (Å²) < 4.78 is 37.1. The minimum atomic E-state index is -3.85. The van der Waals surface area contributed by atoms with Gasteiger partial charge >= 0.3 is 5.97 Å². The Hall–Kier alpha value is -2.33. The maximum Gasteiger partial charge on any atom is 0.323 e. The highest BCUT2D eigenvalue weighted by molar-refractivity contribution is 7.89. The van der Waals surface area contributed by atoms with Gasteiger partial charge in [0.05, 0.1) is 19.1 Å². The minimum absolute atomic E-state index is 0.0291. The van der Waals surface area contributed by atoms with E-state index in [0.29, 0.717) is 18.7 Å². The number of carboxylic acids is 1. The zero-order valence-electron chi connectivity index (χ0n) is 15.0. The fourth-order valence-electron chi connectivity index (χ4n) is 2.24. The van der Waals surface area contributed by atoms with E-state index in [4.69, 9.17) is 14.6 Å². The number of methoxy groups -OCH3 is 2. The standard InChI is InChI=1S/C16H24N2O7S/c1-4-9-18(11-16(20)21)15(19)7-8-17-26(22,23)12-5-6-13(24-2)14(10-12)25-3/h5-6,10,17H,4,7-9,11H2,1-3H3,(H,20,21). The third-order valence-corrected chi connectivity index (χ3v) is 4.93. The Morgan fingerprint density at radius 3 is 2.38 bits per heavy atom. The smallest absolute Gasteiger partial charge is 0.323 e. The lowest BCUT2D eigenvalue weighted by atomic mass is 10.3. The average molecular weight is 388 g/mol. The third kappa shape index (κ3) is 6.19. The van der Waals surface area contributed by atoms with E-state index >= 15 is 0 Å². The Morgan fingerprint density at radius 1 is 1.19 bits per heavy atom. The molecule has 10 heteroatoms. The van der Waals surface area contributed by atoms with Crippen LogP contribution in [0, 0.1) is 0 Å². The van der Waals surface area contributed by atoms with Gasteiger partial charge in [0.1, 0.15) is 6.54 Å². The number of amides is 1. The molecule has 2 N–H and O–H groups in total. The van der Waals surface area contributed by atoms with Crippen LogP contribution in [0.2, 0.25) is 0 Å². The summed E-state index contributed by atoms with van der Waals surface area (Å²) in [4.78, 5) is 24.0. The number of nitrogens with one attached hydrogen (secondary N) is 1. The van der Waals surface area contributed by atoms with Crippen molar-refractivity contribution in [2.75, 3.05) is 33.9 Å². The number of aliphatic carboxylic acids is 1. The van der Waals surface area contributed by atoms with Gasteiger partial charge in [-0.15, -0.1) is 0 Å². The topological polar surface area (TPSA) is 122 Å². The number of carboxylic acid groups (broad SMARTS) is 1. The van der Waals surface area contributed by atoms with E-state index in [1.807, 2.05) is 6.92 Å². The molecule has 1 amide bonds. The second-order valence-electron chi connectivity index (χ2n) is 5.37. The summed E-state index contributed by atoms with van der Waals surface area (Å²) in [5.41, 5.74) is 0. The SMILES string of the molecule is CCCN(CC(=O)O)C(=O)CCNS(=O)(=O)c1ccc(OC)c(OC)c1. The molecule has 0 aliphatic rings. The first-order valence-electron chi connectivity index (χ1n) is 7.96. The summed E-state index contributed by atoms with van der Waals surface area (Å²) in [6.45, 7) is 1.57. The summed E-state index contributed by atoms with van der Waals surface area (Å²) in [7, 11) is -1.01. The first kappa shape index (κ1) is 21.7. The molecule has 0 spiro atoms. The Kier molecular flexibility index (Phi) is 8.33. The molecule has 0 saturated carbocycles. The molecule has 26 heavy (non-hydrogen) atoms. The number of ether oxygens (including phenoxy) is 2. The molecule has 0 aromatic heterocycles. The molecule has 1 rings (SSSR count). The molecule has 0 fully saturated rings. The van der Waals surface area contributed by atoms with Gasteiger partial charge in [-0.3, -0.25) is 9.59 Å². The highest BCUT2D eigenvalue weighted by Crippen LogP contribution is 2.29. The second-order valence-corrected chi connectivity index (χ2v) is 7.14. The molecule has 0 atom stereocenters. The fraction of sp³-hybridized carbons (Fsp3) is 0.500. The quantitative estimate of drug-likeness (QED) is 0.572. The van der Waals surface area contributed by atoms with Crippen molar-refractivity contribution in [1.82, 2.24) is 9.62 Å². The van der Waals surface area contributed by atoms with Crippen molar-refractivity contribution in [2.45, 2.75) is 24.7 Å². The van der Waals surface area contributed by atoms with E-state index in [1.165, 1.54) is 37.3 Å². The van der Waals surface area contributed by atoms with Crippen LogP contribution in [-0.2, 0) is 19.6 Å². The van der Waals surface area contributed by atoms with E-state index in [0.717, 1.165) is 0 Å². The first-order valence-corrected chi connectivity index (χ1v) is 9.44. The van der Waals surface area contributed by atoms with Crippen molar-refractivity contribution < 1.29 is 32.6 Å². The van der Waals surface area contributed by atoms with Gasteiger partial charge in [-0.1, -0.05) is 6.92 Å². The van der Waals surface area contributed by atoms with Crippen molar-refractivity contribution in [3.8, 4) is 11.5 Å². The highest BCUT2D eigenvalue weighted by atomic mass is 32.2. The molecule has 0 bridgehead atoms. The lowest BCUT2D eigenvalue weighted by Gasteiger charge is -2.20. The molecule has 146 valence electrons. The normalized spacial score (nSPS) is 11.0. The Labute approximate surface area is 152 Å². The Bertz CT molecular complexity index is 734. The Balaban J connectivity index is 2.73. The summed E-state index contributed by atoms with van der Waals surface area (Å²) in [6.07, 6.45) is 0.468. The van der Waals surface area contributed by atoms with Crippen LogP contribution in [-0.4, -0.2) is 64.2 Å². The van der Waals surface area contributed by atoms with Crippen LogP contribution >= 0.6 is 0 Å². The molecule has 1 aromatic carbocycles. The average Bonchev–Trinajstić information content (AvgIpc) is 2.60. The first-order chi connectivity index (χ1) is 12.2. The molecule has 1 aromatic rings. The van der Waals surface area contributed by atoms with Crippen LogP contribution in [0.5, 0.6) is 11.5 Å². The van der Waals surface area contributed by atoms with Gasteiger partial charge in [-0.2, -0.15) is 0 Å². The Morgan fingerprint density at radius 2 is 1.85 bits per heavy atom. The maximum atomic E-state index is 12.3. The molecular formula is C16H24N2O7S. The summed E-state index contributed by atoms with van der Waals surface area (Å²) >= 11 is 0. The number of hydrogen-bond donors (Lipinski definition) is 2. The predicted octanol–water partition coefficient (Wildman–Crippen LogP) is 0.695. The molecule has 0 heterocycles. The fourth-order valence-corrected chi connectivity index (χ4v) is 3.29. The van der Waals surface area contributed by atoms with Crippen LogP contribution in [0.4, 0.5) is 0 Å². The molecule has 0 aliphatic heterocycles. The number of hydrogen-bond acceptors (Lipinski definition) is 6. The van der Waals surface area contributed by atoms with Gasteiger partial charge in [0.25, 0.3) is 0 Å². The maximum absolute atomic E-state index is 12.3. The third-order valence-electron chi connectivity index (χ3n) is 3.47. The summed E-state index contributed by atoms with van der Waals surface area (Å²) in [5.74, 6) is -0.880. The number of nitrogens with zero attached hydrogens (tertiary/aromatic N) is 1. The number of carbonyl (C=O) groups is 2. The van der Waals surface area contributed by atoms with E-state index in [2.05, 4.69) is 4.72 Å². The highest BCUT2D eigenvalue weighted by Gasteiger charge is 2.19. The van der Waals surface area contributed by atoms with Crippen LogP contribution < -0.4 is 14.2 Å². The van der Waals surface area contributed by atoms with Gasteiger partial charge in [0.15, 0.2) is 11.5 Å². The molecule has 0 saturated heterocycles. The molecule has 0 unspecified atom stereocenters. The lowest BCUT2D eigenvalue weighted by molar-refractivity contribution is -0.144. The van der Waals surface area contributed by atoms with Gasteiger partial charge < -0.3 is 19.5 Å². The van der Waals surface area contributed by atoms with Crippen LogP contribution in [0.1, 0.15) is 19.8 Å². The van der Waals surface area contributed by atoms with Gasteiger partial charge in [-0.05, 0) is 18.6 Å². The van der Waals surface area contributed by atoms with Crippen LogP contribution in [0.15, 0.2) is 23.1 Å². The molecule has 0 radical (unpaired) electrons. The second kappa shape index (κ2) is 9.97. The van der Waals surface area contributed by atoms with Crippen molar-refractivity contribution in [2.24, 2.45) is 0 Å². The zero-order valence-corrected chi connectivity index (χ0v) is 15.8. The van der Waals surface area contributed by atoms with Crippen LogP contribution in [0.3, 0.4) is 0 Å². The van der Waals surface area contributed by atoms with Crippen molar-refractivity contribution >= 4 is 21.9 Å². The van der Waals surface area contributed by atoms with Gasteiger partial charge in [0.2, 0.25) is 15.9 Å². The number of rotatable bonds is 11. The van der Waals surface area contributed by atoms with Crippen molar-refractivity contribution in [1.29, 1.82) is 0 Å². The minimum Gasteiger partial charge on any atom is -0.493 e. The number of sulfonamides is 1. The number of benzene rings is 1. The number of carbonyl (C=O) groups excluding carboxylic acids is 1. The van der Waals surface area contributed by atoms with Crippen LogP contribution in [0.25, 0.3) is 0 Å². The predicted molar refractivity (Wildman–Crippen MR) is 93.9 cm³/mol.